The molecule has 0 fully saturated rings. The van der Waals surface area contributed by atoms with Gasteiger partial charge in [-0.15, -0.1) is 0 Å². The van der Waals surface area contributed by atoms with Crippen LogP contribution in [0.3, 0.4) is 0 Å². The van der Waals surface area contributed by atoms with E-state index in [0.29, 0.717) is 0 Å². The van der Waals surface area contributed by atoms with Crippen molar-refractivity contribution >= 4 is 0 Å². The third kappa shape index (κ3) is 2.97. The molecule has 0 spiro atoms. The van der Waals surface area contributed by atoms with E-state index < -0.39 is 31.0 Å². The van der Waals surface area contributed by atoms with Gasteiger partial charge in [0.05, 0.1) is 12.3 Å². The van der Waals surface area contributed by atoms with Gasteiger partial charge in [-0.2, -0.15) is 0 Å². The molecule has 5 N–H and O–H groups in total. The Hall–Kier alpha value is -1.05. The van der Waals surface area contributed by atoms with E-state index in [1.807, 2.05) is 0 Å². The van der Waals surface area contributed by atoms with Gasteiger partial charge in [0, 0.05) is 6.20 Å². The van der Waals surface area contributed by atoms with Gasteiger partial charge in [0.2, 0.25) is 0 Å². The molecule has 0 aliphatic rings. The highest BCUT2D eigenvalue weighted by Crippen LogP contribution is 2.18. The molecule has 16 heavy (non-hydrogen) atoms. The van der Waals surface area contributed by atoms with Crippen molar-refractivity contribution in [3.05, 3.63) is 30.1 Å². The molecule has 0 radical (unpaired) electrons. The Morgan fingerprint density at radius 1 is 1.06 bits per heavy atom. The van der Waals surface area contributed by atoms with Crippen molar-refractivity contribution in [2.45, 2.75) is 24.4 Å². The van der Waals surface area contributed by atoms with E-state index in [4.69, 9.17) is 10.2 Å². The first-order valence-electron chi connectivity index (χ1n) is 4.82. The Balaban J connectivity index is 2.71. The first-order chi connectivity index (χ1) is 7.57. The van der Waals surface area contributed by atoms with E-state index in [0.717, 1.165) is 0 Å². The number of rotatable bonds is 5. The van der Waals surface area contributed by atoms with Crippen LogP contribution in [-0.4, -0.2) is 55.4 Å². The fraction of sp³-hybridized carbons (Fsp3) is 0.500. The Labute approximate surface area is 92.4 Å². The molecule has 1 rings (SSSR count). The Bertz CT molecular complexity index is 307. The summed E-state index contributed by atoms with van der Waals surface area (Å²) in [5.74, 6) is 0. The average molecular weight is 229 g/mol. The fourth-order valence-electron chi connectivity index (χ4n) is 1.25. The molecule has 1 aromatic rings. The molecular formula is C10H15NO5. The Morgan fingerprint density at radius 2 is 1.75 bits per heavy atom. The molecule has 0 aromatic carbocycles. The number of aliphatic hydroxyl groups excluding tert-OH is 5. The van der Waals surface area contributed by atoms with E-state index >= 15 is 0 Å². The van der Waals surface area contributed by atoms with Crippen LogP contribution < -0.4 is 0 Å². The molecule has 4 unspecified atom stereocenters. The number of pyridine rings is 1. The highest BCUT2D eigenvalue weighted by molar-refractivity contribution is 5.08. The van der Waals surface area contributed by atoms with Crippen molar-refractivity contribution < 1.29 is 25.5 Å². The second-order valence-corrected chi connectivity index (χ2v) is 3.43. The van der Waals surface area contributed by atoms with E-state index in [1.165, 1.54) is 12.3 Å². The summed E-state index contributed by atoms with van der Waals surface area (Å²) in [4.78, 5) is 3.80. The van der Waals surface area contributed by atoms with Crippen LogP contribution in [0, 0.1) is 0 Å². The summed E-state index contributed by atoms with van der Waals surface area (Å²) in [5.41, 5.74) is 0.180. The predicted molar refractivity (Wildman–Crippen MR) is 54.3 cm³/mol. The third-order valence-corrected chi connectivity index (χ3v) is 2.25. The fourth-order valence-corrected chi connectivity index (χ4v) is 1.25. The number of nitrogens with zero attached hydrogens (tertiary/aromatic N) is 1. The quantitative estimate of drug-likeness (QED) is 0.406. The van der Waals surface area contributed by atoms with Gasteiger partial charge in [-0.25, -0.2) is 0 Å². The zero-order valence-electron chi connectivity index (χ0n) is 8.51. The summed E-state index contributed by atoms with van der Waals surface area (Å²) < 4.78 is 0. The lowest BCUT2D eigenvalue weighted by atomic mass is 10.0. The van der Waals surface area contributed by atoms with Gasteiger partial charge in [-0.3, -0.25) is 4.98 Å². The maximum Gasteiger partial charge on any atom is 0.124 e. The maximum absolute atomic E-state index is 9.64. The number of aromatic nitrogens is 1. The molecule has 0 aliphatic carbocycles. The van der Waals surface area contributed by atoms with Crippen molar-refractivity contribution in [1.82, 2.24) is 4.98 Å². The monoisotopic (exact) mass is 229 g/mol. The summed E-state index contributed by atoms with van der Waals surface area (Å²) in [6, 6.07) is 4.74. The number of hydrogen-bond donors (Lipinski definition) is 5. The molecule has 4 atom stereocenters. The van der Waals surface area contributed by atoms with Gasteiger partial charge >= 0.3 is 0 Å². The first kappa shape index (κ1) is 13.0. The molecule has 0 aliphatic heterocycles. The number of aliphatic hydroxyl groups is 5. The van der Waals surface area contributed by atoms with Crippen LogP contribution in [0.1, 0.15) is 11.8 Å². The van der Waals surface area contributed by atoms with Gasteiger partial charge in [0.15, 0.2) is 0 Å². The predicted octanol–water partition coefficient (Wildman–Crippen LogP) is -1.81. The van der Waals surface area contributed by atoms with Gasteiger partial charge in [-0.05, 0) is 12.1 Å². The topological polar surface area (TPSA) is 114 Å². The Morgan fingerprint density at radius 3 is 2.25 bits per heavy atom. The lowest BCUT2D eigenvalue weighted by Crippen LogP contribution is -2.42. The summed E-state index contributed by atoms with van der Waals surface area (Å²) in [5, 5.41) is 46.2. The van der Waals surface area contributed by atoms with Gasteiger partial charge in [0.25, 0.3) is 0 Å². The van der Waals surface area contributed by atoms with E-state index in [-0.39, 0.29) is 5.69 Å². The van der Waals surface area contributed by atoms with Gasteiger partial charge < -0.3 is 25.5 Å². The molecule has 1 heterocycles. The second kappa shape index (κ2) is 5.88. The van der Waals surface area contributed by atoms with E-state index in [1.54, 1.807) is 12.1 Å². The zero-order valence-corrected chi connectivity index (χ0v) is 8.51. The molecule has 6 nitrogen and oxygen atoms in total. The molecule has 0 amide bonds. The largest absolute Gasteiger partial charge is 0.394 e. The minimum atomic E-state index is -1.64. The SMILES string of the molecule is OCC(O)C(O)C(O)C(O)c1ccccn1. The van der Waals surface area contributed by atoms with Crippen LogP contribution in [0.5, 0.6) is 0 Å². The highest BCUT2D eigenvalue weighted by Gasteiger charge is 2.31. The Kier molecular flexibility index (Phi) is 4.78. The van der Waals surface area contributed by atoms with Gasteiger partial charge in [-0.1, -0.05) is 6.07 Å². The standard InChI is InChI=1S/C10H15NO5/c12-5-7(13)9(15)10(16)8(14)6-3-1-2-4-11-6/h1-4,7-10,12-16H,5H2. The van der Waals surface area contributed by atoms with Gasteiger partial charge in [0.1, 0.15) is 24.4 Å². The van der Waals surface area contributed by atoms with Crippen LogP contribution >= 0.6 is 0 Å². The summed E-state index contributed by atoms with van der Waals surface area (Å²) in [6.07, 6.45) is -4.75. The first-order valence-corrected chi connectivity index (χ1v) is 4.82. The molecule has 0 saturated heterocycles. The van der Waals surface area contributed by atoms with Crippen molar-refractivity contribution in [2.75, 3.05) is 6.61 Å². The minimum absolute atomic E-state index is 0.180. The van der Waals surface area contributed by atoms with Crippen molar-refractivity contribution in [3.63, 3.8) is 0 Å². The van der Waals surface area contributed by atoms with Crippen LogP contribution in [0.25, 0.3) is 0 Å². The second-order valence-electron chi connectivity index (χ2n) is 3.43. The van der Waals surface area contributed by atoms with Crippen LogP contribution in [0.2, 0.25) is 0 Å². The average Bonchev–Trinajstić information content (AvgIpc) is 2.36. The third-order valence-electron chi connectivity index (χ3n) is 2.25. The molecule has 0 bridgehead atoms. The number of hydrogen-bond acceptors (Lipinski definition) is 6. The molecule has 0 saturated carbocycles. The maximum atomic E-state index is 9.64. The zero-order chi connectivity index (χ0) is 12.1. The highest BCUT2D eigenvalue weighted by atomic mass is 16.4. The molecule has 1 aromatic heterocycles. The molecule has 6 heteroatoms. The summed E-state index contributed by atoms with van der Waals surface area (Å²) >= 11 is 0. The van der Waals surface area contributed by atoms with Crippen LogP contribution in [0.15, 0.2) is 24.4 Å². The smallest absolute Gasteiger partial charge is 0.124 e. The summed E-state index contributed by atoms with van der Waals surface area (Å²) in [7, 11) is 0. The lowest BCUT2D eigenvalue weighted by molar-refractivity contribution is -0.117. The normalized spacial score (nSPS) is 18.8. The van der Waals surface area contributed by atoms with E-state index in [2.05, 4.69) is 4.98 Å². The minimum Gasteiger partial charge on any atom is -0.394 e. The van der Waals surface area contributed by atoms with Crippen molar-refractivity contribution in [2.24, 2.45) is 0 Å². The van der Waals surface area contributed by atoms with E-state index in [9.17, 15) is 15.3 Å². The van der Waals surface area contributed by atoms with Crippen LogP contribution in [0.4, 0.5) is 0 Å². The lowest BCUT2D eigenvalue weighted by Gasteiger charge is -2.25. The van der Waals surface area contributed by atoms with Crippen molar-refractivity contribution in [3.8, 4) is 0 Å². The molecular weight excluding hydrogens is 214 g/mol. The molecule has 90 valence electrons. The summed E-state index contributed by atoms with van der Waals surface area (Å²) in [6.45, 7) is -0.701. The van der Waals surface area contributed by atoms with Crippen molar-refractivity contribution in [1.29, 1.82) is 0 Å². The van der Waals surface area contributed by atoms with Crippen LogP contribution in [-0.2, 0) is 0 Å².